The maximum Gasteiger partial charge on any atom is -0.0266 e. The molecule has 0 nitrogen and oxygen atoms in total. The first-order valence-electron chi connectivity index (χ1n) is 14.4. The van der Waals surface area contributed by atoms with Gasteiger partial charge in [0.05, 0.1) is 0 Å². The van der Waals surface area contributed by atoms with E-state index in [0.29, 0.717) is 16.2 Å². The number of rotatable bonds is 6. The Kier molecular flexibility index (Phi) is 7.31. The highest BCUT2D eigenvalue weighted by Gasteiger charge is 2.48. The molecule has 4 aliphatic carbocycles. The van der Waals surface area contributed by atoms with E-state index in [1.807, 2.05) is 0 Å². The number of hydrogen-bond donors (Lipinski definition) is 0. The second-order valence-electron chi connectivity index (χ2n) is 13.5. The van der Waals surface area contributed by atoms with Crippen LogP contribution in [-0.2, 0) is 0 Å². The molecule has 0 heterocycles. The third-order valence-electron chi connectivity index (χ3n) is 12.0. The first-order chi connectivity index (χ1) is 14.4. The van der Waals surface area contributed by atoms with Crippen LogP contribution in [0.4, 0.5) is 0 Å². The van der Waals surface area contributed by atoms with E-state index in [9.17, 15) is 0 Å². The van der Waals surface area contributed by atoms with Gasteiger partial charge in [-0.15, -0.1) is 0 Å². The molecule has 0 amide bonds. The van der Waals surface area contributed by atoms with Crippen molar-refractivity contribution in [1.29, 1.82) is 0 Å². The molecule has 4 saturated carbocycles. The fraction of sp³-hybridized carbons (Fsp3) is 1.00. The molecule has 0 aromatic carbocycles. The molecule has 0 bridgehead atoms. The third kappa shape index (κ3) is 4.69. The second-order valence-corrected chi connectivity index (χ2v) is 13.5. The fourth-order valence-corrected chi connectivity index (χ4v) is 8.97. The average Bonchev–Trinajstić information content (AvgIpc) is 2.76. The minimum absolute atomic E-state index is 0.634. The zero-order valence-electron chi connectivity index (χ0n) is 21.2. The fourth-order valence-electron chi connectivity index (χ4n) is 8.97. The molecule has 4 rings (SSSR count). The molecular weight excluding hydrogens is 360 g/mol. The molecule has 6 unspecified atom stereocenters. The SMILES string of the molecule is CC1CCCCC1(C)CCC1(CCC2(C)CCCCC2C)CCCC2CCCCC21. The van der Waals surface area contributed by atoms with Crippen molar-refractivity contribution in [1.82, 2.24) is 0 Å². The van der Waals surface area contributed by atoms with E-state index in [1.165, 1.54) is 77.0 Å². The summed E-state index contributed by atoms with van der Waals surface area (Å²) < 4.78 is 0. The normalized spacial score (nSPS) is 47.6. The second kappa shape index (κ2) is 9.47. The van der Waals surface area contributed by atoms with Gasteiger partial charge in [0.15, 0.2) is 0 Å². The zero-order valence-corrected chi connectivity index (χ0v) is 21.2. The Morgan fingerprint density at radius 1 is 0.533 bits per heavy atom. The summed E-state index contributed by atoms with van der Waals surface area (Å²) in [6, 6.07) is 0. The van der Waals surface area contributed by atoms with Crippen molar-refractivity contribution in [3.63, 3.8) is 0 Å². The Morgan fingerprint density at radius 2 is 1.03 bits per heavy atom. The molecule has 0 aromatic rings. The summed E-state index contributed by atoms with van der Waals surface area (Å²) in [5.41, 5.74) is 1.97. The van der Waals surface area contributed by atoms with Crippen LogP contribution in [0, 0.1) is 39.9 Å². The molecule has 0 radical (unpaired) electrons. The topological polar surface area (TPSA) is 0 Å². The van der Waals surface area contributed by atoms with Crippen LogP contribution < -0.4 is 0 Å². The van der Waals surface area contributed by atoms with E-state index >= 15 is 0 Å². The Balaban J connectivity index is 1.52. The minimum Gasteiger partial charge on any atom is -0.0620 e. The van der Waals surface area contributed by atoms with Gasteiger partial charge in [-0.25, -0.2) is 0 Å². The van der Waals surface area contributed by atoms with Gasteiger partial charge in [-0.2, -0.15) is 0 Å². The van der Waals surface area contributed by atoms with E-state index in [1.54, 1.807) is 44.9 Å². The molecule has 0 heteroatoms. The van der Waals surface area contributed by atoms with Gasteiger partial charge in [-0.3, -0.25) is 0 Å². The molecule has 174 valence electrons. The van der Waals surface area contributed by atoms with Crippen LogP contribution in [-0.4, -0.2) is 0 Å². The maximum atomic E-state index is 2.68. The molecule has 0 saturated heterocycles. The summed E-state index contributed by atoms with van der Waals surface area (Å²) in [7, 11) is 0. The minimum atomic E-state index is 0.634. The summed E-state index contributed by atoms with van der Waals surface area (Å²) >= 11 is 0. The van der Waals surface area contributed by atoms with Crippen molar-refractivity contribution in [2.24, 2.45) is 39.9 Å². The Hall–Kier alpha value is 0. The first kappa shape index (κ1) is 23.2. The van der Waals surface area contributed by atoms with Gasteiger partial charge in [-0.05, 0) is 91.3 Å². The van der Waals surface area contributed by atoms with Crippen LogP contribution in [0.25, 0.3) is 0 Å². The molecule has 0 aliphatic heterocycles. The Morgan fingerprint density at radius 3 is 1.60 bits per heavy atom. The van der Waals surface area contributed by atoms with Crippen molar-refractivity contribution in [3.8, 4) is 0 Å². The van der Waals surface area contributed by atoms with Crippen LogP contribution in [0.2, 0.25) is 0 Å². The molecule has 30 heavy (non-hydrogen) atoms. The summed E-state index contributed by atoms with van der Waals surface area (Å²) in [6.07, 6.45) is 29.0. The highest BCUT2D eigenvalue weighted by Crippen LogP contribution is 2.59. The molecule has 0 N–H and O–H groups in total. The highest BCUT2D eigenvalue weighted by atomic mass is 14.5. The average molecular weight is 415 g/mol. The van der Waals surface area contributed by atoms with Gasteiger partial charge in [0.2, 0.25) is 0 Å². The smallest absolute Gasteiger partial charge is 0.0266 e. The predicted molar refractivity (Wildman–Crippen MR) is 132 cm³/mol. The van der Waals surface area contributed by atoms with Crippen molar-refractivity contribution in [3.05, 3.63) is 0 Å². The van der Waals surface area contributed by atoms with Crippen LogP contribution in [0.15, 0.2) is 0 Å². The molecule has 0 spiro atoms. The standard InChI is InChI=1S/C30H54/c1-24-12-7-9-17-28(24,3)20-22-30(19-11-15-26-14-5-6-16-27(26)30)23-21-29(4)18-10-8-13-25(29)2/h24-27H,5-23H2,1-4H3. The predicted octanol–water partition coefficient (Wildman–Crippen LogP) is 9.96. The quantitative estimate of drug-likeness (QED) is 0.405. The molecule has 0 aromatic heterocycles. The summed E-state index contributed by atoms with van der Waals surface area (Å²) in [5.74, 6) is 4.06. The van der Waals surface area contributed by atoms with Crippen molar-refractivity contribution in [2.45, 2.75) is 150 Å². The van der Waals surface area contributed by atoms with Crippen LogP contribution in [0.3, 0.4) is 0 Å². The van der Waals surface area contributed by atoms with Crippen LogP contribution in [0.5, 0.6) is 0 Å². The highest BCUT2D eigenvalue weighted by molar-refractivity contribution is 4.99. The van der Waals surface area contributed by atoms with Gasteiger partial charge in [0.1, 0.15) is 0 Å². The number of fused-ring (bicyclic) bond motifs is 1. The first-order valence-corrected chi connectivity index (χ1v) is 14.4. The van der Waals surface area contributed by atoms with Gasteiger partial charge in [0.25, 0.3) is 0 Å². The lowest BCUT2D eigenvalue weighted by atomic mass is 9.51. The third-order valence-corrected chi connectivity index (χ3v) is 12.0. The van der Waals surface area contributed by atoms with Crippen LogP contribution >= 0.6 is 0 Å². The van der Waals surface area contributed by atoms with E-state index in [2.05, 4.69) is 27.7 Å². The van der Waals surface area contributed by atoms with Crippen LogP contribution in [0.1, 0.15) is 150 Å². The largest absolute Gasteiger partial charge is 0.0620 e. The lowest BCUT2D eigenvalue weighted by molar-refractivity contribution is -0.0347. The lowest BCUT2D eigenvalue weighted by Crippen LogP contribution is -2.43. The zero-order chi connectivity index (χ0) is 21.2. The molecule has 6 atom stereocenters. The Labute approximate surface area is 189 Å². The molecule has 4 aliphatic rings. The summed E-state index contributed by atoms with van der Waals surface area (Å²) in [6.45, 7) is 10.5. The van der Waals surface area contributed by atoms with Crippen molar-refractivity contribution < 1.29 is 0 Å². The monoisotopic (exact) mass is 414 g/mol. The van der Waals surface area contributed by atoms with E-state index < -0.39 is 0 Å². The summed E-state index contributed by atoms with van der Waals surface area (Å²) in [4.78, 5) is 0. The van der Waals surface area contributed by atoms with Gasteiger partial charge >= 0.3 is 0 Å². The summed E-state index contributed by atoms with van der Waals surface area (Å²) in [5, 5.41) is 0. The van der Waals surface area contributed by atoms with Gasteiger partial charge in [0, 0.05) is 0 Å². The van der Waals surface area contributed by atoms with Crippen molar-refractivity contribution >= 4 is 0 Å². The van der Waals surface area contributed by atoms with Gasteiger partial charge < -0.3 is 0 Å². The maximum absolute atomic E-state index is 2.68. The molecular formula is C30H54. The lowest BCUT2D eigenvalue weighted by Gasteiger charge is -2.54. The van der Waals surface area contributed by atoms with E-state index in [0.717, 1.165) is 23.7 Å². The number of hydrogen-bond acceptors (Lipinski definition) is 0. The van der Waals surface area contributed by atoms with E-state index in [-0.39, 0.29) is 0 Å². The Bertz CT molecular complexity index is 514. The van der Waals surface area contributed by atoms with E-state index in [4.69, 9.17) is 0 Å². The molecule has 4 fully saturated rings. The van der Waals surface area contributed by atoms with Crippen molar-refractivity contribution in [2.75, 3.05) is 0 Å². The van der Waals surface area contributed by atoms with Gasteiger partial charge in [-0.1, -0.05) is 98.3 Å².